The fraction of sp³-hybridized carbons (Fsp3) is 0.333. The Hall–Kier alpha value is -1.82. The highest BCUT2D eigenvalue weighted by Crippen LogP contribution is 2.27. The zero-order valence-electron chi connectivity index (χ0n) is 8.95. The predicted molar refractivity (Wildman–Crippen MR) is 59.2 cm³/mol. The molecule has 1 atom stereocenters. The number of nitrogens with zero attached hydrogens (tertiary/aromatic N) is 1. The largest absolute Gasteiger partial charge is 0.366 e. The Morgan fingerprint density at radius 3 is 2.87 bits per heavy atom. The number of hydrogen-bond donors (Lipinski definition) is 1. The van der Waals surface area contributed by atoms with E-state index in [2.05, 4.69) is 10.9 Å². The van der Waals surface area contributed by atoms with E-state index in [1.807, 2.05) is 13.8 Å². The van der Waals surface area contributed by atoms with Crippen molar-refractivity contribution in [3.63, 3.8) is 0 Å². The molecule has 0 aliphatic heterocycles. The molecule has 0 bridgehead atoms. The average molecular weight is 202 g/mol. The maximum absolute atomic E-state index is 11.2. The van der Waals surface area contributed by atoms with Crippen LogP contribution in [0.1, 0.15) is 36.3 Å². The average Bonchev–Trinajstić information content (AvgIpc) is 2.28. The van der Waals surface area contributed by atoms with Crippen molar-refractivity contribution < 1.29 is 4.79 Å². The molecule has 15 heavy (non-hydrogen) atoms. The molecule has 0 aliphatic carbocycles. The maximum atomic E-state index is 11.2. The molecule has 1 rings (SSSR count). The summed E-state index contributed by atoms with van der Waals surface area (Å²) in [6.07, 6.45) is 7.80. The van der Waals surface area contributed by atoms with Crippen molar-refractivity contribution in [3.05, 3.63) is 29.6 Å². The van der Waals surface area contributed by atoms with Crippen molar-refractivity contribution in [3.8, 4) is 12.3 Å². The topological polar surface area (TPSA) is 56.0 Å². The molecule has 1 amide bonds. The van der Waals surface area contributed by atoms with E-state index < -0.39 is 11.3 Å². The van der Waals surface area contributed by atoms with Crippen LogP contribution >= 0.6 is 0 Å². The first-order valence-corrected chi connectivity index (χ1v) is 4.78. The van der Waals surface area contributed by atoms with Gasteiger partial charge in [0.25, 0.3) is 5.91 Å². The van der Waals surface area contributed by atoms with Crippen molar-refractivity contribution >= 4 is 5.91 Å². The summed E-state index contributed by atoms with van der Waals surface area (Å²) >= 11 is 0. The van der Waals surface area contributed by atoms with Gasteiger partial charge in [0, 0.05) is 6.20 Å². The normalized spacial score (nSPS) is 13.9. The number of pyridine rings is 1. The number of aromatic nitrogens is 1. The van der Waals surface area contributed by atoms with Gasteiger partial charge in [-0.3, -0.25) is 9.78 Å². The van der Waals surface area contributed by atoms with Gasteiger partial charge in [0.2, 0.25) is 0 Å². The summed E-state index contributed by atoms with van der Waals surface area (Å²) in [6, 6.07) is 3.33. The van der Waals surface area contributed by atoms with E-state index in [1.54, 1.807) is 18.3 Å². The highest BCUT2D eigenvalue weighted by molar-refractivity contribution is 5.94. The smallest absolute Gasteiger partial charge is 0.250 e. The molecule has 0 aliphatic rings. The first-order valence-electron chi connectivity index (χ1n) is 4.78. The van der Waals surface area contributed by atoms with E-state index >= 15 is 0 Å². The van der Waals surface area contributed by atoms with Crippen LogP contribution < -0.4 is 5.73 Å². The van der Waals surface area contributed by atoms with Crippen LogP contribution in [0.25, 0.3) is 0 Å². The Bertz CT molecular complexity index is 420. The van der Waals surface area contributed by atoms with E-state index in [-0.39, 0.29) is 0 Å². The second-order valence-electron chi connectivity index (χ2n) is 3.59. The third-order valence-electron chi connectivity index (χ3n) is 2.62. The molecule has 0 spiro atoms. The molecule has 0 saturated heterocycles. The molecule has 1 aromatic rings. The molecule has 1 heterocycles. The van der Waals surface area contributed by atoms with Gasteiger partial charge in [-0.25, -0.2) is 0 Å². The van der Waals surface area contributed by atoms with Crippen molar-refractivity contribution in [2.24, 2.45) is 5.73 Å². The first-order chi connectivity index (χ1) is 7.05. The Morgan fingerprint density at radius 1 is 1.73 bits per heavy atom. The van der Waals surface area contributed by atoms with Crippen LogP contribution in [0.15, 0.2) is 18.3 Å². The highest BCUT2D eigenvalue weighted by atomic mass is 16.1. The molecular formula is C12H14N2O. The lowest BCUT2D eigenvalue weighted by Crippen LogP contribution is -2.26. The van der Waals surface area contributed by atoms with E-state index in [1.165, 1.54) is 0 Å². The van der Waals surface area contributed by atoms with Crippen LogP contribution in [0.4, 0.5) is 0 Å². The quantitative estimate of drug-likeness (QED) is 0.755. The Kier molecular flexibility index (Phi) is 3.11. The SMILES string of the molecule is C#CC(C)(CC)c1ncccc1C(N)=O. The van der Waals surface area contributed by atoms with Gasteiger partial charge in [0.15, 0.2) is 0 Å². The van der Waals surface area contributed by atoms with Crippen LogP contribution in [0.2, 0.25) is 0 Å². The minimum absolute atomic E-state index is 0.403. The summed E-state index contributed by atoms with van der Waals surface area (Å²) in [5, 5.41) is 0. The monoisotopic (exact) mass is 202 g/mol. The van der Waals surface area contributed by atoms with E-state index in [0.29, 0.717) is 17.7 Å². The molecule has 2 N–H and O–H groups in total. The van der Waals surface area contributed by atoms with Crippen LogP contribution in [0, 0.1) is 12.3 Å². The summed E-state index contributed by atoms with van der Waals surface area (Å²) in [7, 11) is 0. The number of carbonyl (C=O) groups excluding carboxylic acids is 1. The molecule has 1 unspecified atom stereocenters. The fourth-order valence-electron chi connectivity index (χ4n) is 1.38. The predicted octanol–water partition coefficient (Wildman–Crippen LogP) is 1.48. The van der Waals surface area contributed by atoms with Gasteiger partial charge >= 0.3 is 0 Å². The molecule has 3 heteroatoms. The van der Waals surface area contributed by atoms with Crippen molar-refractivity contribution in [1.82, 2.24) is 4.98 Å². The summed E-state index contributed by atoms with van der Waals surface area (Å²) in [4.78, 5) is 15.4. The zero-order chi connectivity index (χ0) is 11.5. The number of carbonyl (C=O) groups is 1. The summed E-state index contributed by atoms with van der Waals surface area (Å²) in [5.74, 6) is 2.18. The number of hydrogen-bond acceptors (Lipinski definition) is 2. The van der Waals surface area contributed by atoms with Crippen LogP contribution in [0.3, 0.4) is 0 Å². The number of terminal acetylenes is 1. The van der Waals surface area contributed by atoms with Gasteiger partial charge in [0.05, 0.1) is 16.7 Å². The molecule has 78 valence electrons. The second kappa shape index (κ2) is 4.14. The summed E-state index contributed by atoms with van der Waals surface area (Å²) in [6.45, 7) is 3.83. The lowest BCUT2D eigenvalue weighted by molar-refractivity contribution is 0.0998. The minimum atomic E-state index is -0.536. The van der Waals surface area contributed by atoms with Gasteiger partial charge < -0.3 is 5.73 Å². The number of primary amides is 1. The number of amides is 1. The third-order valence-corrected chi connectivity index (χ3v) is 2.62. The van der Waals surface area contributed by atoms with Gasteiger partial charge in [-0.05, 0) is 25.5 Å². The molecule has 0 radical (unpaired) electrons. The van der Waals surface area contributed by atoms with Gasteiger partial charge in [-0.15, -0.1) is 6.42 Å². The lowest BCUT2D eigenvalue weighted by Gasteiger charge is -2.22. The van der Waals surface area contributed by atoms with E-state index in [4.69, 9.17) is 12.2 Å². The van der Waals surface area contributed by atoms with Crippen molar-refractivity contribution in [1.29, 1.82) is 0 Å². The standard InChI is InChI=1S/C12H14N2O/c1-4-12(3,5-2)10-9(11(13)15)7-6-8-14-10/h1,6-8H,5H2,2-3H3,(H2,13,15). The summed E-state index contributed by atoms with van der Waals surface area (Å²) < 4.78 is 0. The molecule has 3 nitrogen and oxygen atoms in total. The highest BCUT2D eigenvalue weighted by Gasteiger charge is 2.27. The molecular weight excluding hydrogens is 188 g/mol. The third kappa shape index (κ3) is 1.99. The van der Waals surface area contributed by atoms with Crippen molar-refractivity contribution in [2.75, 3.05) is 0 Å². The molecule has 1 aromatic heterocycles. The molecule has 0 fully saturated rings. The van der Waals surface area contributed by atoms with Crippen LogP contribution in [-0.4, -0.2) is 10.9 Å². The first kappa shape index (κ1) is 11.3. The van der Waals surface area contributed by atoms with Crippen LogP contribution in [0.5, 0.6) is 0 Å². The maximum Gasteiger partial charge on any atom is 0.250 e. The Labute approximate surface area is 89.7 Å². The number of nitrogens with two attached hydrogens (primary N) is 1. The Balaban J connectivity index is 3.37. The van der Waals surface area contributed by atoms with Gasteiger partial charge in [-0.2, -0.15) is 0 Å². The van der Waals surface area contributed by atoms with Gasteiger partial charge in [-0.1, -0.05) is 12.8 Å². The molecule has 0 saturated carbocycles. The number of rotatable bonds is 3. The van der Waals surface area contributed by atoms with Crippen LogP contribution in [-0.2, 0) is 5.41 Å². The zero-order valence-corrected chi connectivity index (χ0v) is 8.95. The van der Waals surface area contributed by atoms with E-state index in [0.717, 1.165) is 0 Å². The Morgan fingerprint density at radius 2 is 2.40 bits per heavy atom. The minimum Gasteiger partial charge on any atom is -0.366 e. The second-order valence-corrected chi connectivity index (χ2v) is 3.59. The molecule has 0 aromatic carbocycles. The van der Waals surface area contributed by atoms with Gasteiger partial charge in [0.1, 0.15) is 0 Å². The summed E-state index contributed by atoms with van der Waals surface area (Å²) in [5.41, 5.74) is 5.73. The fourth-order valence-corrected chi connectivity index (χ4v) is 1.38. The lowest BCUT2D eigenvalue weighted by atomic mass is 9.82. The van der Waals surface area contributed by atoms with Crippen molar-refractivity contribution in [2.45, 2.75) is 25.7 Å². The van der Waals surface area contributed by atoms with E-state index in [9.17, 15) is 4.79 Å².